The third-order valence-electron chi connectivity index (χ3n) is 3.11. The molecule has 5 nitrogen and oxygen atoms in total. The molecule has 0 aliphatic carbocycles. The lowest BCUT2D eigenvalue weighted by Gasteiger charge is -2.10. The van der Waals surface area contributed by atoms with E-state index in [4.69, 9.17) is 4.74 Å². The molecule has 0 radical (unpaired) electrons. The van der Waals surface area contributed by atoms with Crippen molar-refractivity contribution in [1.82, 2.24) is 5.32 Å². The van der Waals surface area contributed by atoms with Crippen molar-refractivity contribution in [1.29, 1.82) is 0 Å². The van der Waals surface area contributed by atoms with Crippen molar-refractivity contribution in [3.63, 3.8) is 0 Å². The fourth-order valence-corrected chi connectivity index (χ4v) is 2.18. The van der Waals surface area contributed by atoms with Gasteiger partial charge in [0.2, 0.25) is 0 Å². The Morgan fingerprint density at radius 2 is 1.85 bits per heavy atom. The maximum absolute atomic E-state index is 11.8. The highest BCUT2D eigenvalue weighted by Crippen LogP contribution is 2.28. The molecular formula is C15H12N2O3. The Bertz CT molecular complexity index is 710. The Kier molecular flexibility index (Phi) is 2.87. The van der Waals surface area contributed by atoms with Gasteiger partial charge < -0.3 is 10.1 Å². The molecule has 0 fully saturated rings. The van der Waals surface area contributed by atoms with Gasteiger partial charge in [-0.3, -0.25) is 14.9 Å². The number of nitrogens with one attached hydrogen (secondary N) is 2. The van der Waals surface area contributed by atoms with Crippen LogP contribution in [-0.4, -0.2) is 18.9 Å². The predicted octanol–water partition coefficient (Wildman–Crippen LogP) is 2.32. The van der Waals surface area contributed by atoms with Crippen molar-refractivity contribution in [2.45, 2.75) is 0 Å². The quantitative estimate of drug-likeness (QED) is 0.838. The Morgan fingerprint density at radius 1 is 1.05 bits per heavy atom. The summed E-state index contributed by atoms with van der Waals surface area (Å²) in [6, 6.07) is 12.5. The third kappa shape index (κ3) is 1.99. The molecule has 2 N–H and O–H groups in total. The monoisotopic (exact) mass is 268 g/mol. The number of rotatable bonds is 3. The lowest BCUT2D eigenvalue weighted by Crippen LogP contribution is -2.20. The average molecular weight is 268 g/mol. The first-order valence-electron chi connectivity index (χ1n) is 6.09. The van der Waals surface area contributed by atoms with E-state index >= 15 is 0 Å². The summed E-state index contributed by atoms with van der Waals surface area (Å²) in [5.41, 5.74) is 2.15. The summed E-state index contributed by atoms with van der Waals surface area (Å²) in [7, 11) is 1.59. The van der Waals surface area contributed by atoms with Crippen molar-refractivity contribution < 1.29 is 14.3 Å². The zero-order valence-corrected chi connectivity index (χ0v) is 10.8. The number of amides is 2. The molecule has 0 unspecified atom stereocenters. The minimum Gasteiger partial charge on any atom is -0.497 e. The molecule has 100 valence electrons. The second-order valence-corrected chi connectivity index (χ2v) is 4.37. The highest BCUT2D eigenvalue weighted by Gasteiger charge is 2.29. The van der Waals surface area contributed by atoms with Crippen molar-refractivity contribution in [3.8, 4) is 5.75 Å². The van der Waals surface area contributed by atoms with Gasteiger partial charge in [0, 0.05) is 11.8 Å². The highest BCUT2D eigenvalue weighted by molar-refractivity contribution is 6.24. The van der Waals surface area contributed by atoms with Crippen LogP contribution in [0.3, 0.4) is 0 Å². The van der Waals surface area contributed by atoms with Crippen LogP contribution in [0.4, 0.5) is 11.4 Å². The van der Waals surface area contributed by atoms with Crippen molar-refractivity contribution in [2.24, 2.45) is 0 Å². The molecule has 2 amide bonds. The summed E-state index contributed by atoms with van der Waals surface area (Å²) < 4.78 is 5.15. The van der Waals surface area contributed by atoms with Crippen molar-refractivity contribution in [2.75, 3.05) is 12.4 Å². The summed E-state index contributed by atoms with van der Waals surface area (Å²) in [6.07, 6.45) is 0. The molecule has 0 saturated carbocycles. The number of hydrogen-bond donors (Lipinski definition) is 2. The highest BCUT2D eigenvalue weighted by atomic mass is 16.5. The van der Waals surface area contributed by atoms with E-state index in [2.05, 4.69) is 10.6 Å². The fraction of sp³-hybridized carbons (Fsp3) is 0.0667. The van der Waals surface area contributed by atoms with Gasteiger partial charge in [0.15, 0.2) is 0 Å². The number of fused-ring (bicyclic) bond motifs is 1. The van der Waals surface area contributed by atoms with E-state index in [-0.39, 0.29) is 11.8 Å². The van der Waals surface area contributed by atoms with Gasteiger partial charge in [-0.1, -0.05) is 12.1 Å². The number of imide groups is 1. The molecule has 5 heteroatoms. The van der Waals surface area contributed by atoms with Gasteiger partial charge in [0.05, 0.1) is 23.9 Å². The summed E-state index contributed by atoms with van der Waals surface area (Å²) in [5.74, 6) is -0.0293. The van der Waals surface area contributed by atoms with E-state index in [1.54, 1.807) is 25.3 Å². The molecule has 0 atom stereocenters. The maximum atomic E-state index is 11.8. The first-order chi connectivity index (χ1) is 9.69. The minimum absolute atomic E-state index is 0.362. The molecule has 20 heavy (non-hydrogen) atoms. The van der Waals surface area contributed by atoms with Crippen LogP contribution in [0.15, 0.2) is 42.5 Å². The number of ether oxygens (including phenoxy) is 1. The Morgan fingerprint density at radius 3 is 2.65 bits per heavy atom. The topological polar surface area (TPSA) is 67.4 Å². The average Bonchev–Trinajstić information content (AvgIpc) is 2.75. The van der Waals surface area contributed by atoms with Crippen LogP contribution in [0.25, 0.3) is 0 Å². The van der Waals surface area contributed by atoms with Gasteiger partial charge in [-0.05, 0) is 24.3 Å². The number of anilines is 2. The lowest BCUT2D eigenvalue weighted by atomic mass is 10.1. The Balaban J connectivity index is 2.00. The predicted molar refractivity (Wildman–Crippen MR) is 74.5 cm³/mol. The molecule has 2 aromatic rings. The van der Waals surface area contributed by atoms with Crippen LogP contribution in [0.2, 0.25) is 0 Å². The molecule has 0 bridgehead atoms. The van der Waals surface area contributed by atoms with Gasteiger partial charge in [-0.2, -0.15) is 0 Å². The number of hydrogen-bond acceptors (Lipinski definition) is 4. The van der Waals surface area contributed by atoms with Crippen LogP contribution >= 0.6 is 0 Å². The number of carbonyl (C=O) groups is 2. The van der Waals surface area contributed by atoms with Gasteiger partial charge in [-0.25, -0.2) is 0 Å². The van der Waals surface area contributed by atoms with E-state index in [0.29, 0.717) is 22.6 Å². The maximum Gasteiger partial charge on any atom is 0.261 e. The SMILES string of the molecule is COc1cccc(Nc2cccc3c2C(=O)NC3=O)c1. The largest absolute Gasteiger partial charge is 0.497 e. The third-order valence-corrected chi connectivity index (χ3v) is 3.11. The van der Waals surface area contributed by atoms with E-state index in [1.165, 1.54) is 0 Å². The van der Waals surface area contributed by atoms with E-state index < -0.39 is 0 Å². The van der Waals surface area contributed by atoms with Crippen LogP contribution in [-0.2, 0) is 0 Å². The Hall–Kier alpha value is -2.82. The Labute approximate surface area is 115 Å². The van der Waals surface area contributed by atoms with Crippen LogP contribution < -0.4 is 15.4 Å². The molecule has 0 aromatic heterocycles. The number of methoxy groups -OCH3 is 1. The van der Waals surface area contributed by atoms with Gasteiger partial charge in [0.1, 0.15) is 5.75 Å². The molecule has 0 spiro atoms. The molecule has 1 aliphatic heterocycles. The van der Waals surface area contributed by atoms with Gasteiger partial charge in [-0.15, -0.1) is 0 Å². The summed E-state index contributed by atoms with van der Waals surface area (Å²) in [4.78, 5) is 23.4. The first kappa shape index (κ1) is 12.2. The van der Waals surface area contributed by atoms with Crippen LogP contribution in [0.1, 0.15) is 20.7 Å². The van der Waals surface area contributed by atoms with E-state index in [0.717, 1.165) is 5.69 Å². The molecule has 1 aliphatic rings. The standard InChI is InChI=1S/C15H12N2O3/c1-20-10-5-2-4-9(8-10)16-12-7-3-6-11-13(12)15(19)17-14(11)18/h2-8,16H,1H3,(H,17,18,19). The summed E-state index contributed by atoms with van der Waals surface area (Å²) in [5, 5.41) is 5.43. The second kappa shape index (κ2) is 4.70. The minimum atomic E-state index is -0.379. The van der Waals surface area contributed by atoms with Gasteiger partial charge >= 0.3 is 0 Å². The molecule has 2 aromatic carbocycles. The van der Waals surface area contributed by atoms with Crippen molar-refractivity contribution in [3.05, 3.63) is 53.6 Å². The van der Waals surface area contributed by atoms with Crippen LogP contribution in [0, 0.1) is 0 Å². The van der Waals surface area contributed by atoms with E-state index in [9.17, 15) is 9.59 Å². The molecule has 1 heterocycles. The van der Waals surface area contributed by atoms with Crippen LogP contribution in [0.5, 0.6) is 5.75 Å². The lowest BCUT2D eigenvalue weighted by molar-refractivity contribution is 0.0880. The number of carbonyl (C=O) groups excluding carboxylic acids is 2. The first-order valence-corrected chi connectivity index (χ1v) is 6.09. The fourth-order valence-electron chi connectivity index (χ4n) is 2.18. The van der Waals surface area contributed by atoms with Gasteiger partial charge in [0.25, 0.3) is 11.8 Å². The second-order valence-electron chi connectivity index (χ2n) is 4.37. The van der Waals surface area contributed by atoms with E-state index in [1.807, 2.05) is 24.3 Å². The molecule has 3 rings (SSSR count). The molecular weight excluding hydrogens is 256 g/mol. The van der Waals surface area contributed by atoms with Crippen molar-refractivity contribution >= 4 is 23.2 Å². The number of benzene rings is 2. The summed E-state index contributed by atoms with van der Waals surface area (Å²) in [6.45, 7) is 0. The molecule has 0 saturated heterocycles. The smallest absolute Gasteiger partial charge is 0.261 e. The normalized spacial score (nSPS) is 12.8. The summed E-state index contributed by atoms with van der Waals surface area (Å²) >= 11 is 0. The zero-order chi connectivity index (χ0) is 14.1. The zero-order valence-electron chi connectivity index (χ0n) is 10.8.